The Morgan fingerprint density at radius 2 is 2.14 bits per heavy atom. The summed E-state index contributed by atoms with van der Waals surface area (Å²) in [4.78, 5) is 13.6. The number of carbonyl (C=O) groups is 1. The van der Waals surface area contributed by atoms with Crippen molar-refractivity contribution in [3.8, 4) is 10.6 Å². The van der Waals surface area contributed by atoms with Crippen molar-refractivity contribution in [3.05, 3.63) is 40.4 Å². The monoisotopic (exact) mass is 317 g/mol. The van der Waals surface area contributed by atoms with E-state index in [0.717, 1.165) is 5.56 Å². The van der Waals surface area contributed by atoms with Crippen LogP contribution < -0.4 is 0 Å². The summed E-state index contributed by atoms with van der Waals surface area (Å²) in [5.41, 5.74) is -0.185. The number of rotatable bonds is 4. The molecule has 2 aromatic rings. The number of hydrogen-bond acceptors (Lipinski definition) is 4. The van der Waals surface area contributed by atoms with E-state index in [9.17, 15) is 18.0 Å². The molecule has 1 aromatic heterocycles. The molecule has 2 rings (SSSR count). The first-order valence-corrected chi connectivity index (χ1v) is 6.54. The Morgan fingerprint density at radius 1 is 1.43 bits per heavy atom. The average Bonchev–Trinajstić information content (AvgIpc) is 2.84. The molecule has 0 bridgehead atoms. The molecular weight excluding hydrogens is 307 g/mol. The number of carboxylic acids is 1. The zero-order chi connectivity index (χ0) is 15.6. The van der Waals surface area contributed by atoms with Gasteiger partial charge in [0.05, 0.1) is 6.61 Å². The summed E-state index contributed by atoms with van der Waals surface area (Å²) in [5.74, 6) is -1.64. The van der Waals surface area contributed by atoms with Crippen molar-refractivity contribution < 1.29 is 27.8 Å². The second kappa shape index (κ2) is 5.82. The number of benzene rings is 1. The molecule has 4 nitrogen and oxygen atoms in total. The van der Waals surface area contributed by atoms with Crippen LogP contribution in [0.4, 0.5) is 13.2 Å². The van der Waals surface area contributed by atoms with Gasteiger partial charge in [0.25, 0.3) is 0 Å². The van der Waals surface area contributed by atoms with Crippen LogP contribution in [0.2, 0.25) is 0 Å². The molecule has 0 saturated carbocycles. The van der Waals surface area contributed by atoms with Gasteiger partial charge in [-0.25, -0.2) is 9.78 Å². The van der Waals surface area contributed by atoms with Gasteiger partial charge in [0.2, 0.25) is 0 Å². The second-order valence-electron chi connectivity index (χ2n) is 4.13. The number of alkyl halides is 3. The molecule has 0 unspecified atom stereocenters. The highest BCUT2D eigenvalue weighted by molar-refractivity contribution is 7.17. The molecule has 1 heterocycles. The molecule has 21 heavy (non-hydrogen) atoms. The summed E-state index contributed by atoms with van der Waals surface area (Å²) in [7, 11) is 1.50. The molecule has 0 radical (unpaired) electrons. The third-order valence-electron chi connectivity index (χ3n) is 2.57. The number of ether oxygens (including phenoxy) is 1. The summed E-state index contributed by atoms with van der Waals surface area (Å²) >= 11 is 0.503. The van der Waals surface area contributed by atoms with E-state index in [1.54, 1.807) is 24.3 Å². The number of hydrogen-bond donors (Lipinski definition) is 1. The number of carboxylic acid groups (broad SMARTS) is 1. The molecule has 0 aliphatic rings. The van der Waals surface area contributed by atoms with Gasteiger partial charge in [-0.15, -0.1) is 11.3 Å². The largest absolute Gasteiger partial charge is 0.477 e. The highest BCUT2D eigenvalue weighted by Crippen LogP contribution is 2.37. The number of thiazole rings is 1. The van der Waals surface area contributed by atoms with E-state index < -0.39 is 22.7 Å². The van der Waals surface area contributed by atoms with Gasteiger partial charge in [0.15, 0.2) is 5.69 Å². The summed E-state index contributed by atoms with van der Waals surface area (Å²) in [5, 5.41) is 8.89. The first-order chi connectivity index (χ1) is 9.82. The predicted octanol–water partition coefficient (Wildman–Crippen LogP) is 3.67. The van der Waals surface area contributed by atoms with Crippen molar-refractivity contribution in [2.24, 2.45) is 0 Å². The fourth-order valence-corrected chi connectivity index (χ4v) is 2.66. The maximum Gasteiger partial charge on any atom is 0.435 e. The molecule has 0 saturated heterocycles. The van der Waals surface area contributed by atoms with E-state index in [2.05, 4.69) is 4.98 Å². The first kappa shape index (κ1) is 15.5. The second-order valence-corrected chi connectivity index (χ2v) is 5.13. The molecule has 0 amide bonds. The van der Waals surface area contributed by atoms with Crippen molar-refractivity contribution >= 4 is 17.3 Å². The van der Waals surface area contributed by atoms with Gasteiger partial charge < -0.3 is 9.84 Å². The van der Waals surface area contributed by atoms with E-state index in [-0.39, 0.29) is 5.01 Å². The number of methoxy groups -OCH3 is 1. The van der Waals surface area contributed by atoms with Gasteiger partial charge in [-0.1, -0.05) is 18.2 Å². The van der Waals surface area contributed by atoms with E-state index >= 15 is 0 Å². The standard InChI is InChI=1S/C13H10F3NO3S/c1-20-6-7-3-2-4-8(5-7)11-17-10(13(14,15)16)9(21-11)12(18)19/h2-5H,6H2,1H3,(H,18,19). The topological polar surface area (TPSA) is 59.4 Å². The fraction of sp³-hybridized carbons (Fsp3) is 0.231. The van der Waals surface area contributed by atoms with Crippen molar-refractivity contribution in [3.63, 3.8) is 0 Å². The molecule has 0 aliphatic carbocycles. The Balaban J connectivity index is 2.50. The normalized spacial score (nSPS) is 11.6. The molecule has 0 aliphatic heterocycles. The third-order valence-corrected chi connectivity index (χ3v) is 3.67. The predicted molar refractivity (Wildman–Crippen MR) is 70.2 cm³/mol. The quantitative estimate of drug-likeness (QED) is 0.934. The summed E-state index contributed by atoms with van der Waals surface area (Å²) in [6.45, 7) is 0.303. The lowest BCUT2D eigenvalue weighted by molar-refractivity contribution is -0.141. The molecule has 1 N–H and O–H groups in total. The van der Waals surface area contributed by atoms with Crippen molar-refractivity contribution in [1.82, 2.24) is 4.98 Å². The minimum Gasteiger partial charge on any atom is -0.477 e. The van der Waals surface area contributed by atoms with Crippen molar-refractivity contribution in [2.45, 2.75) is 12.8 Å². The minimum atomic E-state index is -4.80. The Labute approximate surface area is 121 Å². The van der Waals surface area contributed by atoms with Gasteiger partial charge in [-0.3, -0.25) is 0 Å². The Hall–Kier alpha value is -1.93. The Kier molecular flexibility index (Phi) is 4.29. The highest BCUT2D eigenvalue weighted by Gasteiger charge is 2.39. The van der Waals surface area contributed by atoms with Crippen LogP contribution in [0, 0.1) is 0 Å². The Morgan fingerprint density at radius 3 is 2.67 bits per heavy atom. The number of halogens is 3. The maximum atomic E-state index is 12.8. The van der Waals surface area contributed by atoms with E-state index in [1.807, 2.05) is 0 Å². The van der Waals surface area contributed by atoms with Gasteiger partial charge in [0, 0.05) is 12.7 Å². The van der Waals surface area contributed by atoms with Crippen LogP contribution >= 0.6 is 11.3 Å². The lowest BCUT2D eigenvalue weighted by Crippen LogP contribution is -2.11. The number of aromatic carboxylic acids is 1. The average molecular weight is 317 g/mol. The third kappa shape index (κ3) is 3.40. The molecule has 0 atom stereocenters. The van der Waals surface area contributed by atoms with Crippen LogP contribution in [-0.4, -0.2) is 23.2 Å². The van der Waals surface area contributed by atoms with Crippen LogP contribution in [0.15, 0.2) is 24.3 Å². The molecule has 8 heteroatoms. The lowest BCUT2D eigenvalue weighted by atomic mass is 10.1. The van der Waals surface area contributed by atoms with Crippen LogP contribution in [0.3, 0.4) is 0 Å². The molecule has 1 aromatic carbocycles. The highest BCUT2D eigenvalue weighted by atomic mass is 32.1. The maximum absolute atomic E-state index is 12.8. The lowest BCUT2D eigenvalue weighted by Gasteiger charge is -2.03. The molecular formula is C13H10F3NO3S. The molecule has 112 valence electrons. The molecule has 0 fully saturated rings. The summed E-state index contributed by atoms with van der Waals surface area (Å²) in [6, 6.07) is 6.60. The first-order valence-electron chi connectivity index (χ1n) is 5.72. The zero-order valence-electron chi connectivity index (χ0n) is 10.8. The van der Waals surface area contributed by atoms with Gasteiger partial charge >= 0.3 is 12.1 Å². The van der Waals surface area contributed by atoms with Gasteiger partial charge in [0.1, 0.15) is 9.88 Å². The van der Waals surface area contributed by atoms with Crippen LogP contribution in [0.1, 0.15) is 20.9 Å². The summed E-state index contributed by atoms with van der Waals surface area (Å²) < 4.78 is 43.3. The zero-order valence-corrected chi connectivity index (χ0v) is 11.6. The van der Waals surface area contributed by atoms with E-state index in [0.29, 0.717) is 23.5 Å². The number of aromatic nitrogens is 1. The van der Waals surface area contributed by atoms with Gasteiger partial charge in [-0.2, -0.15) is 13.2 Å². The van der Waals surface area contributed by atoms with Crippen molar-refractivity contribution in [1.29, 1.82) is 0 Å². The van der Waals surface area contributed by atoms with E-state index in [1.165, 1.54) is 7.11 Å². The minimum absolute atomic E-state index is 0.0117. The van der Waals surface area contributed by atoms with Gasteiger partial charge in [-0.05, 0) is 11.6 Å². The van der Waals surface area contributed by atoms with Crippen LogP contribution in [0.5, 0.6) is 0 Å². The fourth-order valence-electron chi connectivity index (χ4n) is 1.74. The summed E-state index contributed by atoms with van der Waals surface area (Å²) in [6.07, 6.45) is -4.80. The van der Waals surface area contributed by atoms with Crippen LogP contribution in [0.25, 0.3) is 10.6 Å². The van der Waals surface area contributed by atoms with Crippen LogP contribution in [-0.2, 0) is 17.5 Å². The smallest absolute Gasteiger partial charge is 0.435 e. The number of nitrogens with zero attached hydrogens (tertiary/aromatic N) is 1. The van der Waals surface area contributed by atoms with E-state index in [4.69, 9.17) is 9.84 Å². The Bertz CT molecular complexity index is 667. The van der Waals surface area contributed by atoms with Crippen molar-refractivity contribution in [2.75, 3.05) is 7.11 Å². The SMILES string of the molecule is COCc1cccc(-c2nc(C(F)(F)F)c(C(=O)O)s2)c1. The molecule has 0 spiro atoms.